The van der Waals surface area contributed by atoms with E-state index in [1.54, 1.807) is 28.8 Å². The Hall–Kier alpha value is -1.57. The normalized spacial score (nSPS) is 22.6. The lowest BCUT2D eigenvalue weighted by Gasteiger charge is -2.30. The molecular weight excluding hydrogens is 338 g/mol. The first kappa shape index (κ1) is 18.2. The summed E-state index contributed by atoms with van der Waals surface area (Å²) in [5.41, 5.74) is 0.629. The van der Waals surface area contributed by atoms with E-state index in [1.807, 2.05) is 25.1 Å². The van der Waals surface area contributed by atoms with E-state index in [4.69, 9.17) is 4.74 Å². The number of carbonyl (C=O) groups is 2. The van der Waals surface area contributed by atoms with Crippen LogP contribution in [0.25, 0.3) is 0 Å². The Morgan fingerprint density at radius 3 is 2.72 bits per heavy atom. The minimum Gasteiger partial charge on any atom is -0.379 e. The highest BCUT2D eigenvalue weighted by Crippen LogP contribution is 2.23. The van der Waals surface area contributed by atoms with E-state index < -0.39 is 6.04 Å². The van der Waals surface area contributed by atoms with Crippen LogP contribution in [-0.4, -0.2) is 78.2 Å². The molecule has 3 rings (SSSR count). The summed E-state index contributed by atoms with van der Waals surface area (Å²) in [6, 6.07) is 8.80. The molecule has 2 amide bonds. The van der Waals surface area contributed by atoms with Crippen molar-refractivity contribution in [2.24, 2.45) is 0 Å². The molecule has 6 nitrogen and oxygen atoms in total. The summed E-state index contributed by atoms with van der Waals surface area (Å²) in [5.74, 6) is 1.07. The van der Waals surface area contributed by atoms with Gasteiger partial charge in [-0.15, -0.1) is 11.8 Å². The van der Waals surface area contributed by atoms with Gasteiger partial charge in [-0.1, -0.05) is 18.2 Å². The summed E-state index contributed by atoms with van der Waals surface area (Å²) in [6.45, 7) is 6.12. The van der Waals surface area contributed by atoms with Gasteiger partial charge in [0.25, 0.3) is 5.91 Å². The van der Waals surface area contributed by atoms with Crippen LogP contribution < -0.4 is 5.32 Å². The summed E-state index contributed by atoms with van der Waals surface area (Å²) >= 11 is 1.62. The van der Waals surface area contributed by atoms with Gasteiger partial charge in [-0.25, -0.2) is 0 Å². The molecule has 2 aliphatic rings. The van der Waals surface area contributed by atoms with Gasteiger partial charge in [0.05, 0.1) is 19.1 Å². The van der Waals surface area contributed by atoms with Crippen LogP contribution in [0.2, 0.25) is 0 Å². The molecule has 136 valence electrons. The summed E-state index contributed by atoms with van der Waals surface area (Å²) < 4.78 is 5.35. The summed E-state index contributed by atoms with van der Waals surface area (Å²) in [5, 5.41) is 3.08. The van der Waals surface area contributed by atoms with Gasteiger partial charge in [-0.05, 0) is 19.1 Å². The number of nitrogens with one attached hydrogen (secondary N) is 1. The standard InChI is InChI=1S/C18H25N3O3S/c1-14(11-20-7-9-24-10-8-20)19-17(22)16-12-25-13-21(16)18(23)15-5-3-2-4-6-15/h2-6,14,16H,7-13H2,1H3,(H,19,22). The van der Waals surface area contributed by atoms with Crippen LogP contribution >= 0.6 is 11.8 Å². The second-order valence-corrected chi connectivity index (χ2v) is 7.48. The third-order valence-corrected chi connectivity index (χ3v) is 5.50. The summed E-state index contributed by atoms with van der Waals surface area (Å²) in [7, 11) is 0. The van der Waals surface area contributed by atoms with Crippen LogP contribution in [0.3, 0.4) is 0 Å². The van der Waals surface area contributed by atoms with E-state index in [0.717, 1.165) is 32.8 Å². The molecule has 2 saturated heterocycles. The number of hydrogen-bond donors (Lipinski definition) is 1. The number of rotatable bonds is 5. The average Bonchev–Trinajstić information content (AvgIpc) is 3.12. The summed E-state index contributed by atoms with van der Waals surface area (Å²) in [6.07, 6.45) is 0. The van der Waals surface area contributed by atoms with Crippen molar-refractivity contribution < 1.29 is 14.3 Å². The average molecular weight is 363 g/mol. The molecule has 1 aromatic rings. The van der Waals surface area contributed by atoms with Crippen molar-refractivity contribution in [1.82, 2.24) is 15.1 Å². The molecule has 2 atom stereocenters. The molecule has 0 radical (unpaired) electrons. The second-order valence-electron chi connectivity index (χ2n) is 6.48. The van der Waals surface area contributed by atoms with Crippen molar-refractivity contribution in [3.8, 4) is 0 Å². The quantitative estimate of drug-likeness (QED) is 0.847. The maximum Gasteiger partial charge on any atom is 0.255 e. The van der Waals surface area contributed by atoms with Crippen molar-refractivity contribution in [1.29, 1.82) is 0 Å². The molecule has 0 aliphatic carbocycles. The van der Waals surface area contributed by atoms with Gasteiger partial charge in [0.1, 0.15) is 6.04 Å². The molecular formula is C18H25N3O3S. The number of nitrogens with zero attached hydrogens (tertiary/aromatic N) is 2. The Bertz CT molecular complexity index is 592. The Kier molecular flexibility index (Phi) is 6.34. The minimum atomic E-state index is -0.398. The molecule has 0 aromatic heterocycles. The smallest absolute Gasteiger partial charge is 0.255 e. The minimum absolute atomic E-state index is 0.0462. The van der Waals surface area contributed by atoms with E-state index in [1.165, 1.54) is 0 Å². The molecule has 2 heterocycles. The van der Waals surface area contributed by atoms with E-state index in [-0.39, 0.29) is 17.9 Å². The Morgan fingerprint density at radius 2 is 2.00 bits per heavy atom. The van der Waals surface area contributed by atoms with Crippen LogP contribution in [0.1, 0.15) is 17.3 Å². The highest BCUT2D eigenvalue weighted by Gasteiger charge is 2.35. The van der Waals surface area contributed by atoms with Gasteiger partial charge in [0, 0.05) is 37.0 Å². The third kappa shape index (κ3) is 4.74. The van der Waals surface area contributed by atoms with Crippen LogP contribution in [0.4, 0.5) is 0 Å². The largest absolute Gasteiger partial charge is 0.379 e. The molecule has 1 N–H and O–H groups in total. The van der Waals surface area contributed by atoms with Crippen molar-refractivity contribution in [3.63, 3.8) is 0 Å². The third-order valence-electron chi connectivity index (χ3n) is 4.49. The number of carbonyl (C=O) groups excluding carboxylic acids is 2. The van der Waals surface area contributed by atoms with Gasteiger partial charge in [0.2, 0.25) is 5.91 Å². The van der Waals surface area contributed by atoms with Gasteiger partial charge < -0.3 is 15.0 Å². The number of thioether (sulfide) groups is 1. The Morgan fingerprint density at radius 1 is 1.28 bits per heavy atom. The number of benzene rings is 1. The van der Waals surface area contributed by atoms with Gasteiger partial charge >= 0.3 is 0 Å². The van der Waals surface area contributed by atoms with E-state index in [9.17, 15) is 9.59 Å². The Labute approximate surface area is 152 Å². The predicted molar refractivity (Wildman–Crippen MR) is 98.6 cm³/mol. The van der Waals surface area contributed by atoms with Crippen molar-refractivity contribution in [2.75, 3.05) is 44.5 Å². The van der Waals surface area contributed by atoms with Crippen LogP contribution in [0.5, 0.6) is 0 Å². The van der Waals surface area contributed by atoms with E-state index in [0.29, 0.717) is 17.2 Å². The number of ether oxygens (including phenoxy) is 1. The van der Waals surface area contributed by atoms with Gasteiger partial charge in [-0.3, -0.25) is 14.5 Å². The maximum absolute atomic E-state index is 12.7. The highest BCUT2D eigenvalue weighted by atomic mass is 32.2. The molecule has 0 bridgehead atoms. The first-order valence-electron chi connectivity index (χ1n) is 8.69. The fourth-order valence-electron chi connectivity index (χ4n) is 3.16. The van der Waals surface area contributed by atoms with Crippen LogP contribution in [-0.2, 0) is 9.53 Å². The van der Waals surface area contributed by atoms with Crippen molar-refractivity contribution >= 4 is 23.6 Å². The van der Waals surface area contributed by atoms with Crippen LogP contribution in [0, 0.1) is 0 Å². The van der Waals surface area contributed by atoms with Crippen LogP contribution in [0.15, 0.2) is 30.3 Å². The zero-order valence-electron chi connectivity index (χ0n) is 14.5. The monoisotopic (exact) mass is 363 g/mol. The second kappa shape index (κ2) is 8.69. The maximum atomic E-state index is 12.7. The topological polar surface area (TPSA) is 61.9 Å². The SMILES string of the molecule is CC(CN1CCOCC1)NC(=O)C1CSCN1C(=O)c1ccccc1. The highest BCUT2D eigenvalue weighted by molar-refractivity contribution is 7.99. The van der Waals surface area contributed by atoms with E-state index >= 15 is 0 Å². The zero-order valence-corrected chi connectivity index (χ0v) is 15.3. The molecule has 7 heteroatoms. The molecule has 0 spiro atoms. The molecule has 2 fully saturated rings. The molecule has 25 heavy (non-hydrogen) atoms. The van der Waals surface area contributed by atoms with Gasteiger partial charge in [-0.2, -0.15) is 0 Å². The molecule has 0 saturated carbocycles. The fraction of sp³-hybridized carbons (Fsp3) is 0.556. The van der Waals surface area contributed by atoms with Gasteiger partial charge in [0.15, 0.2) is 0 Å². The predicted octanol–water partition coefficient (Wildman–Crippen LogP) is 1.04. The lowest BCUT2D eigenvalue weighted by molar-refractivity contribution is -0.125. The molecule has 2 unspecified atom stereocenters. The molecule has 2 aliphatic heterocycles. The van der Waals surface area contributed by atoms with E-state index in [2.05, 4.69) is 10.2 Å². The van der Waals surface area contributed by atoms with Crippen molar-refractivity contribution in [2.45, 2.75) is 19.0 Å². The zero-order chi connectivity index (χ0) is 17.6. The number of amides is 2. The Balaban J connectivity index is 1.56. The lowest BCUT2D eigenvalue weighted by atomic mass is 10.1. The number of morpholine rings is 1. The summed E-state index contributed by atoms with van der Waals surface area (Å²) in [4.78, 5) is 29.3. The lowest BCUT2D eigenvalue weighted by Crippen LogP contribution is -2.52. The van der Waals surface area contributed by atoms with Crippen molar-refractivity contribution in [3.05, 3.63) is 35.9 Å². The first-order valence-corrected chi connectivity index (χ1v) is 9.85. The first-order chi connectivity index (χ1) is 12.1. The number of hydrogen-bond acceptors (Lipinski definition) is 5. The molecule has 1 aromatic carbocycles. The fourth-order valence-corrected chi connectivity index (χ4v) is 4.32.